The van der Waals surface area contributed by atoms with E-state index in [0.29, 0.717) is 6.17 Å². The van der Waals surface area contributed by atoms with Crippen LogP contribution in [0.25, 0.3) is 0 Å². The fraction of sp³-hybridized carbons (Fsp3) is 0.231. The molecule has 0 bridgehead atoms. The molecule has 0 spiro atoms. The van der Waals surface area contributed by atoms with Gasteiger partial charge in [0.2, 0.25) is 0 Å². The van der Waals surface area contributed by atoms with Gasteiger partial charge in [0.1, 0.15) is 18.2 Å². The standard InChI is InChI=1S/C13H12N4/c1-16-11-7-14-8-15-13(11)17-10-5-3-2-4-9(10)6-12(16)17/h2-5,7-8,12H,6H2,1H3. The zero-order chi connectivity index (χ0) is 11.4. The number of hydrogen-bond donors (Lipinski definition) is 0. The van der Waals surface area contributed by atoms with Crippen LogP contribution in [0.2, 0.25) is 0 Å². The quantitative estimate of drug-likeness (QED) is 0.684. The first kappa shape index (κ1) is 8.98. The maximum atomic E-state index is 4.42. The zero-order valence-electron chi connectivity index (χ0n) is 9.54. The predicted octanol–water partition coefficient (Wildman–Crippen LogP) is 1.95. The summed E-state index contributed by atoms with van der Waals surface area (Å²) in [6.07, 6.45) is 4.92. The molecule has 4 rings (SSSR count). The third kappa shape index (κ3) is 1.02. The number of hydrogen-bond acceptors (Lipinski definition) is 4. The number of para-hydroxylation sites is 1. The van der Waals surface area contributed by atoms with Crippen molar-refractivity contribution in [1.82, 2.24) is 9.97 Å². The van der Waals surface area contributed by atoms with E-state index in [1.165, 1.54) is 11.3 Å². The van der Waals surface area contributed by atoms with E-state index in [2.05, 4.69) is 51.1 Å². The van der Waals surface area contributed by atoms with Crippen LogP contribution in [0.4, 0.5) is 17.2 Å². The van der Waals surface area contributed by atoms with Gasteiger partial charge in [0.25, 0.3) is 0 Å². The van der Waals surface area contributed by atoms with Crippen LogP contribution < -0.4 is 9.80 Å². The van der Waals surface area contributed by atoms with Gasteiger partial charge in [-0.2, -0.15) is 0 Å². The molecule has 1 aromatic carbocycles. The van der Waals surface area contributed by atoms with Crippen molar-refractivity contribution in [2.75, 3.05) is 16.8 Å². The lowest BCUT2D eigenvalue weighted by atomic mass is 10.1. The van der Waals surface area contributed by atoms with Crippen LogP contribution in [0.15, 0.2) is 36.8 Å². The molecule has 0 saturated heterocycles. The van der Waals surface area contributed by atoms with Crippen LogP contribution in [0.5, 0.6) is 0 Å². The molecular formula is C13H12N4. The van der Waals surface area contributed by atoms with E-state index in [0.717, 1.165) is 17.9 Å². The first-order valence-corrected chi connectivity index (χ1v) is 5.76. The Kier molecular flexibility index (Phi) is 1.57. The van der Waals surface area contributed by atoms with E-state index in [-0.39, 0.29) is 0 Å². The highest BCUT2D eigenvalue weighted by atomic mass is 15.4. The Morgan fingerprint density at radius 1 is 1.24 bits per heavy atom. The number of benzene rings is 1. The summed E-state index contributed by atoms with van der Waals surface area (Å²) in [5.41, 5.74) is 3.79. The summed E-state index contributed by atoms with van der Waals surface area (Å²) in [4.78, 5) is 13.1. The lowest BCUT2D eigenvalue weighted by Gasteiger charge is -2.22. The number of nitrogens with zero attached hydrogens (tertiary/aromatic N) is 4. The van der Waals surface area contributed by atoms with Crippen molar-refractivity contribution in [3.8, 4) is 0 Å². The van der Waals surface area contributed by atoms with E-state index in [4.69, 9.17) is 0 Å². The highest BCUT2D eigenvalue weighted by Gasteiger charge is 2.41. The fourth-order valence-corrected chi connectivity index (χ4v) is 2.84. The van der Waals surface area contributed by atoms with Gasteiger partial charge >= 0.3 is 0 Å². The van der Waals surface area contributed by atoms with Crippen molar-refractivity contribution in [3.05, 3.63) is 42.4 Å². The predicted molar refractivity (Wildman–Crippen MR) is 66.5 cm³/mol. The molecule has 17 heavy (non-hydrogen) atoms. The largest absolute Gasteiger partial charge is 0.349 e. The second kappa shape index (κ2) is 2.97. The molecule has 0 N–H and O–H groups in total. The SMILES string of the molecule is CN1c2cncnc2N2c3ccccc3CC12. The summed E-state index contributed by atoms with van der Waals surface area (Å²) in [5.74, 6) is 1.03. The molecule has 2 aromatic rings. The number of rotatable bonds is 0. The highest BCUT2D eigenvalue weighted by Crippen LogP contribution is 2.47. The van der Waals surface area contributed by atoms with Crippen LogP contribution in [0.1, 0.15) is 5.56 Å². The number of anilines is 3. The molecule has 0 fully saturated rings. The van der Waals surface area contributed by atoms with Crippen molar-refractivity contribution in [1.29, 1.82) is 0 Å². The summed E-state index contributed by atoms with van der Waals surface area (Å²) < 4.78 is 0. The summed E-state index contributed by atoms with van der Waals surface area (Å²) in [7, 11) is 2.11. The zero-order valence-corrected chi connectivity index (χ0v) is 9.54. The van der Waals surface area contributed by atoms with E-state index < -0.39 is 0 Å². The van der Waals surface area contributed by atoms with Crippen LogP contribution >= 0.6 is 0 Å². The molecule has 1 unspecified atom stereocenters. The fourth-order valence-electron chi connectivity index (χ4n) is 2.84. The molecule has 0 amide bonds. The van der Waals surface area contributed by atoms with Gasteiger partial charge < -0.3 is 9.80 Å². The molecule has 2 aliphatic heterocycles. The first-order chi connectivity index (χ1) is 8.36. The van der Waals surface area contributed by atoms with Crippen LogP contribution in [-0.2, 0) is 6.42 Å². The van der Waals surface area contributed by atoms with Gasteiger partial charge in [-0.3, -0.25) is 0 Å². The van der Waals surface area contributed by atoms with Crippen LogP contribution in [0, 0.1) is 0 Å². The molecule has 2 aliphatic rings. The topological polar surface area (TPSA) is 32.3 Å². The van der Waals surface area contributed by atoms with Crippen molar-refractivity contribution in [2.24, 2.45) is 0 Å². The highest BCUT2D eigenvalue weighted by molar-refractivity contribution is 5.83. The average molecular weight is 224 g/mol. The lowest BCUT2D eigenvalue weighted by molar-refractivity contribution is 0.701. The van der Waals surface area contributed by atoms with E-state index in [1.807, 2.05) is 6.20 Å². The minimum atomic E-state index is 0.360. The Morgan fingerprint density at radius 2 is 2.12 bits per heavy atom. The molecule has 1 atom stereocenters. The van der Waals surface area contributed by atoms with Crippen LogP contribution in [0.3, 0.4) is 0 Å². The summed E-state index contributed by atoms with van der Waals surface area (Å²) in [6, 6.07) is 8.55. The maximum Gasteiger partial charge on any atom is 0.161 e. The smallest absolute Gasteiger partial charge is 0.161 e. The van der Waals surface area contributed by atoms with Gasteiger partial charge in [-0.05, 0) is 11.6 Å². The molecular weight excluding hydrogens is 212 g/mol. The summed E-state index contributed by atoms with van der Waals surface area (Å²) >= 11 is 0. The second-order valence-corrected chi connectivity index (χ2v) is 4.53. The Balaban J connectivity index is 1.95. The van der Waals surface area contributed by atoms with E-state index >= 15 is 0 Å². The second-order valence-electron chi connectivity index (χ2n) is 4.53. The minimum absolute atomic E-state index is 0.360. The summed E-state index contributed by atoms with van der Waals surface area (Å²) in [5, 5.41) is 0. The monoisotopic (exact) mass is 224 g/mol. The average Bonchev–Trinajstić information content (AvgIpc) is 2.88. The Hall–Kier alpha value is -2.10. The van der Waals surface area contributed by atoms with E-state index in [9.17, 15) is 0 Å². The Morgan fingerprint density at radius 3 is 3.06 bits per heavy atom. The maximum absolute atomic E-state index is 4.42. The number of likely N-dealkylation sites (N-methyl/N-ethyl adjacent to an activating group) is 1. The van der Waals surface area contributed by atoms with Crippen molar-refractivity contribution in [3.63, 3.8) is 0 Å². The normalized spacial score (nSPS) is 20.2. The number of aromatic nitrogens is 2. The summed E-state index contributed by atoms with van der Waals surface area (Å²) in [6.45, 7) is 0. The van der Waals surface area contributed by atoms with Gasteiger partial charge in [0.15, 0.2) is 5.82 Å². The number of fused-ring (bicyclic) bond motifs is 5. The van der Waals surface area contributed by atoms with Crippen molar-refractivity contribution >= 4 is 17.2 Å². The van der Waals surface area contributed by atoms with Gasteiger partial charge in [-0.15, -0.1) is 0 Å². The minimum Gasteiger partial charge on any atom is -0.349 e. The Bertz CT molecular complexity index is 595. The van der Waals surface area contributed by atoms with Gasteiger partial charge in [-0.25, -0.2) is 9.97 Å². The van der Waals surface area contributed by atoms with Crippen molar-refractivity contribution in [2.45, 2.75) is 12.6 Å². The first-order valence-electron chi connectivity index (χ1n) is 5.76. The molecule has 3 heterocycles. The Labute approximate surface area is 99.5 Å². The molecule has 1 aromatic heterocycles. The van der Waals surface area contributed by atoms with E-state index in [1.54, 1.807) is 6.33 Å². The molecule has 0 radical (unpaired) electrons. The van der Waals surface area contributed by atoms with Gasteiger partial charge in [0.05, 0.1) is 6.20 Å². The molecule has 0 saturated carbocycles. The van der Waals surface area contributed by atoms with Crippen LogP contribution in [-0.4, -0.2) is 23.2 Å². The lowest BCUT2D eigenvalue weighted by Crippen LogP contribution is -2.36. The van der Waals surface area contributed by atoms with Gasteiger partial charge in [-0.1, -0.05) is 18.2 Å². The molecule has 0 aliphatic carbocycles. The third-order valence-electron chi connectivity index (χ3n) is 3.68. The third-order valence-corrected chi connectivity index (χ3v) is 3.68. The van der Waals surface area contributed by atoms with Gasteiger partial charge in [0, 0.05) is 19.2 Å². The molecule has 84 valence electrons. The molecule has 4 heteroatoms. The molecule has 4 nitrogen and oxygen atoms in total. The van der Waals surface area contributed by atoms with Crippen molar-refractivity contribution < 1.29 is 0 Å².